The van der Waals surface area contributed by atoms with Gasteiger partial charge in [0.25, 0.3) is 0 Å². The summed E-state index contributed by atoms with van der Waals surface area (Å²) in [5, 5.41) is 0. The molecule has 0 radical (unpaired) electrons. The molecule has 88 valence electrons. The van der Waals surface area contributed by atoms with Gasteiger partial charge in [-0.15, -0.1) is 0 Å². The van der Waals surface area contributed by atoms with E-state index in [1.807, 2.05) is 38.1 Å². The maximum Gasteiger partial charge on any atom is 0.119 e. The van der Waals surface area contributed by atoms with Gasteiger partial charge in [0.1, 0.15) is 5.75 Å². The first-order valence-electron chi connectivity index (χ1n) is 5.70. The second-order valence-corrected chi connectivity index (χ2v) is 3.71. The second kappa shape index (κ2) is 7.07. The predicted octanol–water partition coefficient (Wildman–Crippen LogP) is 3.53. The van der Waals surface area contributed by atoms with Crippen molar-refractivity contribution in [2.45, 2.75) is 20.3 Å². The van der Waals surface area contributed by atoms with Crippen LogP contribution in [0.1, 0.15) is 25.8 Å². The van der Waals surface area contributed by atoms with Crippen LogP contribution in [0.4, 0.5) is 0 Å². The van der Waals surface area contributed by atoms with E-state index in [9.17, 15) is 0 Å². The number of hydrogen-bond donors (Lipinski definition) is 0. The first kappa shape index (κ1) is 12.8. The predicted molar refractivity (Wildman–Crippen MR) is 67.8 cm³/mol. The molecule has 0 fully saturated rings. The molecule has 0 unspecified atom stereocenters. The Kier molecular flexibility index (Phi) is 5.65. The molecule has 16 heavy (non-hydrogen) atoms. The first-order chi connectivity index (χ1) is 7.74. The van der Waals surface area contributed by atoms with Crippen molar-refractivity contribution < 1.29 is 9.47 Å². The number of benzene rings is 1. The average Bonchev–Trinajstić information content (AvgIpc) is 2.29. The molecule has 0 heterocycles. The Hall–Kier alpha value is -1.28. The van der Waals surface area contributed by atoms with E-state index < -0.39 is 0 Å². The zero-order chi connectivity index (χ0) is 11.8. The van der Waals surface area contributed by atoms with Gasteiger partial charge in [-0.05, 0) is 31.5 Å². The van der Waals surface area contributed by atoms with Gasteiger partial charge in [-0.2, -0.15) is 0 Å². The third-order valence-corrected chi connectivity index (χ3v) is 2.23. The van der Waals surface area contributed by atoms with Crippen molar-refractivity contribution in [1.29, 1.82) is 0 Å². The molecular weight excluding hydrogens is 200 g/mol. The fourth-order valence-electron chi connectivity index (χ4n) is 1.35. The van der Waals surface area contributed by atoms with Crippen molar-refractivity contribution in [3.63, 3.8) is 0 Å². The molecule has 1 rings (SSSR count). The molecule has 0 N–H and O–H groups in total. The van der Waals surface area contributed by atoms with Crippen LogP contribution in [0.25, 0.3) is 5.57 Å². The summed E-state index contributed by atoms with van der Waals surface area (Å²) in [5.74, 6) is 0.900. The van der Waals surface area contributed by atoms with Crippen molar-refractivity contribution in [2.75, 3.05) is 19.8 Å². The summed E-state index contributed by atoms with van der Waals surface area (Å²) in [6.07, 6.45) is 0.922. The molecular formula is C14H20O2. The molecule has 0 aromatic heterocycles. The molecule has 0 saturated carbocycles. The zero-order valence-electron chi connectivity index (χ0n) is 10.2. The molecule has 0 spiro atoms. The van der Waals surface area contributed by atoms with Crippen LogP contribution in [0.2, 0.25) is 0 Å². The van der Waals surface area contributed by atoms with Crippen molar-refractivity contribution in [3.8, 4) is 5.75 Å². The van der Waals surface area contributed by atoms with E-state index in [0.717, 1.165) is 36.5 Å². The smallest absolute Gasteiger partial charge is 0.119 e. The van der Waals surface area contributed by atoms with E-state index in [2.05, 4.69) is 6.58 Å². The van der Waals surface area contributed by atoms with Crippen molar-refractivity contribution in [3.05, 3.63) is 36.4 Å². The molecule has 0 aliphatic rings. The molecule has 2 heteroatoms. The summed E-state index contributed by atoms with van der Waals surface area (Å²) in [5.41, 5.74) is 2.18. The Balaban J connectivity index is 2.36. The minimum absolute atomic E-state index is 0.694. The highest BCUT2D eigenvalue weighted by Crippen LogP contribution is 2.18. The van der Waals surface area contributed by atoms with Gasteiger partial charge in [0.05, 0.1) is 6.61 Å². The fraction of sp³-hybridized carbons (Fsp3) is 0.429. The lowest BCUT2D eigenvalue weighted by Crippen LogP contribution is -2.02. The van der Waals surface area contributed by atoms with Crippen LogP contribution in [0.5, 0.6) is 5.75 Å². The number of ether oxygens (including phenoxy) is 2. The molecule has 1 aromatic rings. The molecule has 0 aliphatic carbocycles. The van der Waals surface area contributed by atoms with E-state index in [1.54, 1.807) is 0 Å². The summed E-state index contributed by atoms with van der Waals surface area (Å²) in [7, 11) is 0. The Morgan fingerprint density at radius 3 is 2.81 bits per heavy atom. The van der Waals surface area contributed by atoms with E-state index in [1.165, 1.54) is 0 Å². The standard InChI is InChI=1S/C14H20O2/c1-4-15-9-6-10-16-14-8-5-7-13(11-14)12(2)3/h5,7-8,11H,2,4,6,9-10H2,1,3H3. The highest BCUT2D eigenvalue weighted by molar-refractivity contribution is 5.62. The van der Waals surface area contributed by atoms with Crippen LogP contribution in [-0.2, 0) is 4.74 Å². The van der Waals surface area contributed by atoms with Crippen LogP contribution < -0.4 is 4.74 Å². The summed E-state index contributed by atoms with van der Waals surface area (Å²) in [6, 6.07) is 8.01. The lowest BCUT2D eigenvalue weighted by Gasteiger charge is -2.08. The largest absolute Gasteiger partial charge is 0.493 e. The Labute approximate surface area is 97.9 Å². The third kappa shape index (κ3) is 4.49. The quantitative estimate of drug-likeness (QED) is 0.654. The van der Waals surface area contributed by atoms with Crippen LogP contribution in [0.3, 0.4) is 0 Å². The van der Waals surface area contributed by atoms with E-state index in [-0.39, 0.29) is 0 Å². The number of hydrogen-bond acceptors (Lipinski definition) is 2. The third-order valence-electron chi connectivity index (χ3n) is 2.23. The number of allylic oxidation sites excluding steroid dienone is 1. The van der Waals surface area contributed by atoms with E-state index in [0.29, 0.717) is 6.61 Å². The Morgan fingerprint density at radius 2 is 2.12 bits per heavy atom. The van der Waals surface area contributed by atoms with Crippen LogP contribution in [0.15, 0.2) is 30.8 Å². The lowest BCUT2D eigenvalue weighted by atomic mass is 10.1. The molecule has 1 aromatic carbocycles. The van der Waals surface area contributed by atoms with Crippen molar-refractivity contribution in [1.82, 2.24) is 0 Å². The van der Waals surface area contributed by atoms with Gasteiger partial charge in [0.2, 0.25) is 0 Å². The molecule has 0 amide bonds. The van der Waals surface area contributed by atoms with Crippen molar-refractivity contribution >= 4 is 5.57 Å². The summed E-state index contributed by atoms with van der Waals surface area (Å²) in [6.45, 7) is 10.1. The minimum Gasteiger partial charge on any atom is -0.493 e. The molecule has 2 nitrogen and oxygen atoms in total. The van der Waals surface area contributed by atoms with Gasteiger partial charge in [0, 0.05) is 19.6 Å². The van der Waals surface area contributed by atoms with Gasteiger partial charge in [-0.3, -0.25) is 0 Å². The molecule has 0 aliphatic heterocycles. The monoisotopic (exact) mass is 220 g/mol. The summed E-state index contributed by atoms with van der Waals surface area (Å²) < 4.78 is 10.9. The van der Waals surface area contributed by atoms with Crippen molar-refractivity contribution in [2.24, 2.45) is 0 Å². The van der Waals surface area contributed by atoms with Crippen LogP contribution in [-0.4, -0.2) is 19.8 Å². The second-order valence-electron chi connectivity index (χ2n) is 3.71. The first-order valence-corrected chi connectivity index (χ1v) is 5.70. The molecule has 0 bridgehead atoms. The van der Waals surface area contributed by atoms with E-state index >= 15 is 0 Å². The zero-order valence-corrected chi connectivity index (χ0v) is 10.2. The van der Waals surface area contributed by atoms with Gasteiger partial charge >= 0.3 is 0 Å². The van der Waals surface area contributed by atoms with Gasteiger partial charge in [-0.25, -0.2) is 0 Å². The van der Waals surface area contributed by atoms with Crippen LogP contribution in [0, 0.1) is 0 Å². The number of rotatable bonds is 7. The summed E-state index contributed by atoms with van der Waals surface area (Å²) in [4.78, 5) is 0. The molecule has 0 saturated heterocycles. The minimum atomic E-state index is 0.694. The maximum atomic E-state index is 5.62. The van der Waals surface area contributed by atoms with Crippen LogP contribution >= 0.6 is 0 Å². The molecule has 0 atom stereocenters. The van der Waals surface area contributed by atoms with Gasteiger partial charge in [0.15, 0.2) is 0 Å². The fourth-order valence-corrected chi connectivity index (χ4v) is 1.35. The normalized spacial score (nSPS) is 10.1. The Bertz CT molecular complexity index is 331. The van der Waals surface area contributed by atoms with Gasteiger partial charge < -0.3 is 9.47 Å². The lowest BCUT2D eigenvalue weighted by molar-refractivity contribution is 0.131. The average molecular weight is 220 g/mol. The maximum absolute atomic E-state index is 5.62. The van der Waals surface area contributed by atoms with Gasteiger partial charge in [-0.1, -0.05) is 24.3 Å². The highest BCUT2D eigenvalue weighted by Gasteiger charge is 1.97. The SMILES string of the molecule is C=C(C)c1cccc(OCCCOCC)c1. The Morgan fingerprint density at radius 1 is 1.31 bits per heavy atom. The van der Waals surface area contributed by atoms with E-state index in [4.69, 9.17) is 9.47 Å². The topological polar surface area (TPSA) is 18.5 Å². The highest BCUT2D eigenvalue weighted by atomic mass is 16.5. The summed E-state index contributed by atoms with van der Waals surface area (Å²) >= 11 is 0.